The highest BCUT2D eigenvalue weighted by Gasteiger charge is 2.16. The number of benzene rings is 3. The second-order valence-electron chi connectivity index (χ2n) is 6.52. The van der Waals surface area contributed by atoms with E-state index < -0.39 is 26.0 Å². The predicted molar refractivity (Wildman–Crippen MR) is 122 cm³/mol. The molecule has 0 fully saturated rings. The number of hydrogen-bond donors (Lipinski definition) is 3. The normalized spacial score (nSPS) is 11.5. The van der Waals surface area contributed by atoms with Crippen molar-refractivity contribution < 1.29 is 21.6 Å². The Morgan fingerprint density at radius 3 is 1.94 bits per heavy atom. The number of carbonyl (C=O) groups is 1. The first-order valence-electron chi connectivity index (χ1n) is 8.80. The third-order valence-electron chi connectivity index (χ3n) is 3.99. The van der Waals surface area contributed by atoms with Crippen LogP contribution in [-0.4, -0.2) is 29.0 Å². The Labute approximate surface area is 185 Å². The first-order valence-corrected chi connectivity index (χ1v) is 12.6. The molecule has 1 amide bonds. The zero-order chi connectivity index (χ0) is 22.6. The summed E-state index contributed by atoms with van der Waals surface area (Å²) < 4.78 is 52.3. The summed E-state index contributed by atoms with van der Waals surface area (Å²) in [5, 5.41) is 2.92. The van der Waals surface area contributed by atoms with E-state index in [1.54, 1.807) is 24.3 Å². The topological polar surface area (TPSA) is 121 Å². The van der Waals surface area contributed by atoms with Crippen molar-refractivity contribution in [3.8, 4) is 0 Å². The fourth-order valence-electron chi connectivity index (χ4n) is 2.57. The number of nitrogens with one attached hydrogen (secondary N) is 3. The minimum atomic E-state index is -3.86. The van der Waals surface area contributed by atoms with Crippen LogP contribution >= 0.6 is 11.6 Å². The summed E-state index contributed by atoms with van der Waals surface area (Å²) >= 11 is 5.99. The smallest absolute Gasteiger partial charge is 0.261 e. The Bertz CT molecular complexity index is 1310. The number of para-hydroxylation sites is 1. The largest absolute Gasteiger partial charge is 0.322 e. The fraction of sp³-hybridized carbons (Fsp3) is 0.0500. The van der Waals surface area contributed by atoms with E-state index in [0.717, 1.165) is 6.26 Å². The molecule has 0 spiro atoms. The minimum absolute atomic E-state index is 0.00150. The molecule has 3 N–H and O–H groups in total. The Balaban J connectivity index is 1.69. The molecule has 0 saturated carbocycles. The molecule has 31 heavy (non-hydrogen) atoms. The van der Waals surface area contributed by atoms with Crippen molar-refractivity contribution in [1.82, 2.24) is 0 Å². The van der Waals surface area contributed by atoms with Crippen LogP contribution in [0.1, 0.15) is 10.4 Å². The Hall–Kier alpha value is -3.08. The van der Waals surface area contributed by atoms with E-state index in [1.807, 2.05) is 0 Å². The SMILES string of the molecule is CS(=O)(=O)Nc1ccc(C(=O)Nc2ccc(S(=O)(=O)Nc3ccccc3Cl)cc2)cc1. The van der Waals surface area contributed by atoms with Gasteiger partial charge in [-0.25, -0.2) is 16.8 Å². The maximum Gasteiger partial charge on any atom is 0.261 e. The zero-order valence-electron chi connectivity index (χ0n) is 16.2. The molecule has 8 nitrogen and oxygen atoms in total. The molecule has 0 heterocycles. The van der Waals surface area contributed by atoms with Gasteiger partial charge in [-0.2, -0.15) is 0 Å². The van der Waals surface area contributed by atoms with Crippen LogP contribution in [0.3, 0.4) is 0 Å². The summed E-state index contributed by atoms with van der Waals surface area (Å²) in [6.45, 7) is 0. The van der Waals surface area contributed by atoms with Gasteiger partial charge in [-0.15, -0.1) is 0 Å². The standard InChI is InChI=1S/C20H18ClN3O5S2/c1-30(26,27)23-16-8-6-14(7-9-16)20(25)22-15-10-12-17(13-11-15)31(28,29)24-19-5-3-2-4-18(19)21/h2-13,23-24H,1H3,(H,22,25). The number of halogens is 1. The van der Waals surface area contributed by atoms with Crippen molar-refractivity contribution in [2.75, 3.05) is 21.0 Å². The van der Waals surface area contributed by atoms with Crippen molar-refractivity contribution in [3.63, 3.8) is 0 Å². The van der Waals surface area contributed by atoms with Crippen LogP contribution in [0.25, 0.3) is 0 Å². The van der Waals surface area contributed by atoms with Crippen LogP contribution in [0.15, 0.2) is 77.7 Å². The Morgan fingerprint density at radius 2 is 1.35 bits per heavy atom. The van der Waals surface area contributed by atoms with Crippen LogP contribution < -0.4 is 14.8 Å². The summed E-state index contributed by atoms with van der Waals surface area (Å²) in [5.74, 6) is -0.435. The second kappa shape index (κ2) is 8.96. The van der Waals surface area contributed by atoms with Gasteiger partial charge >= 0.3 is 0 Å². The highest BCUT2D eigenvalue weighted by atomic mass is 35.5. The van der Waals surface area contributed by atoms with E-state index in [4.69, 9.17) is 11.6 Å². The average Bonchev–Trinajstić information content (AvgIpc) is 2.69. The van der Waals surface area contributed by atoms with Gasteiger partial charge < -0.3 is 5.32 Å². The first-order chi connectivity index (χ1) is 14.5. The fourth-order valence-corrected chi connectivity index (χ4v) is 4.46. The maximum absolute atomic E-state index is 12.5. The van der Waals surface area contributed by atoms with E-state index in [-0.39, 0.29) is 15.6 Å². The van der Waals surface area contributed by atoms with Gasteiger partial charge in [0.1, 0.15) is 0 Å². The molecule has 0 bridgehead atoms. The molecule has 3 rings (SSSR count). The number of rotatable bonds is 7. The number of hydrogen-bond acceptors (Lipinski definition) is 5. The van der Waals surface area contributed by atoms with E-state index in [1.165, 1.54) is 48.5 Å². The lowest BCUT2D eigenvalue weighted by atomic mass is 10.2. The van der Waals surface area contributed by atoms with Gasteiger partial charge in [0.15, 0.2) is 0 Å². The van der Waals surface area contributed by atoms with Crippen molar-refractivity contribution in [1.29, 1.82) is 0 Å². The van der Waals surface area contributed by atoms with Crippen molar-refractivity contribution in [2.45, 2.75) is 4.90 Å². The quantitative estimate of drug-likeness (QED) is 0.476. The van der Waals surface area contributed by atoms with Gasteiger partial charge in [-0.3, -0.25) is 14.2 Å². The summed E-state index contributed by atoms with van der Waals surface area (Å²) in [7, 11) is -7.27. The van der Waals surface area contributed by atoms with Gasteiger partial charge in [0.05, 0.1) is 21.9 Å². The lowest BCUT2D eigenvalue weighted by molar-refractivity contribution is 0.102. The zero-order valence-corrected chi connectivity index (χ0v) is 18.6. The lowest BCUT2D eigenvalue weighted by Crippen LogP contribution is -2.14. The molecule has 0 radical (unpaired) electrons. The van der Waals surface area contributed by atoms with Crippen molar-refractivity contribution in [3.05, 3.63) is 83.4 Å². The third kappa shape index (κ3) is 6.20. The summed E-state index contributed by atoms with van der Waals surface area (Å²) in [4.78, 5) is 12.4. The molecule has 0 aromatic heterocycles. The van der Waals surface area contributed by atoms with Crippen LogP contribution in [0.2, 0.25) is 5.02 Å². The summed E-state index contributed by atoms with van der Waals surface area (Å²) in [6.07, 6.45) is 1.03. The molecule has 3 aromatic rings. The van der Waals surface area contributed by atoms with E-state index in [0.29, 0.717) is 16.9 Å². The summed E-state index contributed by atoms with van der Waals surface area (Å²) in [6, 6.07) is 18.0. The van der Waals surface area contributed by atoms with Gasteiger partial charge in [0.25, 0.3) is 15.9 Å². The average molecular weight is 480 g/mol. The van der Waals surface area contributed by atoms with Crippen molar-refractivity contribution >= 4 is 54.6 Å². The van der Waals surface area contributed by atoms with Crippen LogP contribution in [-0.2, 0) is 20.0 Å². The maximum atomic E-state index is 12.5. The molecule has 162 valence electrons. The number of anilines is 3. The second-order valence-corrected chi connectivity index (χ2v) is 10.4. The van der Waals surface area contributed by atoms with Gasteiger partial charge in [-0.1, -0.05) is 23.7 Å². The Morgan fingerprint density at radius 1 is 0.774 bits per heavy atom. The number of amides is 1. The molecule has 0 aliphatic rings. The Kier molecular flexibility index (Phi) is 6.54. The monoisotopic (exact) mass is 479 g/mol. The number of carbonyl (C=O) groups excluding carboxylic acids is 1. The minimum Gasteiger partial charge on any atom is -0.322 e. The first kappa shape index (κ1) is 22.6. The van der Waals surface area contributed by atoms with Gasteiger partial charge in [-0.05, 0) is 60.7 Å². The molecule has 0 unspecified atom stereocenters. The molecule has 0 saturated heterocycles. The van der Waals surface area contributed by atoms with E-state index in [2.05, 4.69) is 14.8 Å². The van der Waals surface area contributed by atoms with E-state index >= 15 is 0 Å². The highest BCUT2D eigenvalue weighted by molar-refractivity contribution is 7.92. The molecular formula is C20H18ClN3O5S2. The summed E-state index contributed by atoms with van der Waals surface area (Å²) in [5.41, 5.74) is 1.28. The van der Waals surface area contributed by atoms with Crippen LogP contribution in [0.5, 0.6) is 0 Å². The molecule has 11 heteroatoms. The molecule has 3 aromatic carbocycles. The van der Waals surface area contributed by atoms with Crippen molar-refractivity contribution in [2.24, 2.45) is 0 Å². The molecular weight excluding hydrogens is 462 g/mol. The molecule has 0 aliphatic carbocycles. The lowest BCUT2D eigenvalue weighted by Gasteiger charge is -2.11. The van der Waals surface area contributed by atoms with E-state index in [9.17, 15) is 21.6 Å². The van der Waals surface area contributed by atoms with Crippen LogP contribution in [0, 0.1) is 0 Å². The third-order valence-corrected chi connectivity index (χ3v) is 6.31. The van der Waals surface area contributed by atoms with Gasteiger partial charge in [0, 0.05) is 16.9 Å². The highest BCUT2D eigenvalue weighted by Crippen LogP contribution is 2.24. The van der Waals surface area contributed by atoms with Gasteiger partial charge in [0.2, 0.25) is 10.0 Å². The molecule has 0 aliphatic heterocycles. The molecule has 0 atom stereocenters. The van der Waals surface area contributed by atoms with Crippen LogP contribution in [0.4, 0.5) is 17.1 Å². The predicted octanol–water partition coefficient (Wildman–Crippen LogP) is 3.76. The number of sulfonamides is 2.